The van der Waals surface area contributed by atoms with Gasteiger partial charge in [0.25, 0.3) is 0 Å². The molecule has 0 spiro atoms. The number of carbonyl (C=O) groups is 2. The first kappa shape index (κ1) is 23.0. The SMILES string of the molecule is CC(C)(C)OC(=O)N1CC/C2=C(/CCCCCCCCCCCC2)CC(=O)C1. The highest BCUT2D eigenvalue weighted by molar-refractivity contribution is 5.86. The molecule has 0 aromatic carbocycles. The molecule has 1 aliphatic heterocycles. The van der Waals surface area contributed by atoms with Crippen LogP contribution in [0.15, 0.2) is 11.1 Å². The van der Waals surface area contributed by atoms with Gasteiger partial charge < -0.3 is 9.64 Å². The molecule has 2 aliphatic rings. The van der Waals surface area contributed by atoms with Crippen molar-refractivity contribution in [1.29, 1.82) is 0 Å². The van der Waals surface area contributed by atoms with Crippen molar-refractivity contribution in [3.8, 4) is 0 Å². The minimum absolute atomic E-state index is 0.152. The standard InChI is InChI=1S/C24H41NO3/c1-24(2,3)28-23(27)25-17-16-20-14-12-10-8-6-4-5-7-9-11-13-15-21(20)18-22(26)19-25/h4-19H2,1-3H3/b21-20-. The molecule has 28 heavy (non-hydrogen) atoms. The molecule has 4 heteroatoms. The normalized spacial score (nSPS) is 24.5. The molecule has 0 saturated heterocycles. The zero-order valence-corrected chi connectivity index (χ0v) is 18.5. The second-order valence-corrected chi connectivity index (χ2v) is 9.61. The average Bonchev–Trinajstić information content (AvgIpc) is 2.59. The number of allylic oxidation sites excluding steroid dienone is 1. The summed E-state index contributed by atoms with van der Waals surface area (Å²) < 4.78 is 5.51. The number of ether oxygens (including phenoxy) is 1. The summed E-state index contributed by atoms with van der Waals surface area (Å²) in [6.45, 7) is 6.39. The van der Waals surface area contributed by atoms with Crippen LogP contribution >= 0.6 is 0 Å². The van der Waals surface area contributed by atoms with Crippen LogP contribution in [0, 0.1) is 0 Å². The maximum atomic E-state index is 12.7. The van der Waals surface area contributed by atoms with Gasteiger partial charge in [-0.1, -0.05) is 62.5 Å². The van der Waals surface area contributed by atoms with E-state index in [9.17, 15) is 9.59 Å². The zero-order valence-electron chi connectivity index (χ0n) is 18.5. The van der Waals surface area contributed by atoms with Gasteiger partial charge in [0, 0.05) is 13.0 Å². The molecule has 160 valence electrons. The third-order valence-electron chi connectivity index (χ3n) is 5.82. The molecule has 0 unspecified atom stereocenters. The van der Waals surface area contributed by atoms with Gasteiger partial charge in [-0.15, -0.1) is 0 Å². The lowest BCUT2D eigenvalue weighted by molar-refractivity contribution is -0.119. The van der Waals surface area contributed by atoms with E-state index in [0.717, 1.165) is 19.3 Å². The van der Waals surface area contributed by atoms with E-state index >= 15 is 0 Å². The lowest BCUT2D eigenvalue weighted by Gasteiger charge is -2.29. The molecular formula is C24H41NO3. The van der Waals surface area contributed by atoms with E-state index < -0.39 is 5.60 Å². The van der Waals surface area contributed by atoms with E-state index in [0.29, 0.717) is 13.0 Å². The Balaban J connectivity index is 2.06. The monoisotopic (exact) mass is 391 g/mol. The second-order valence-electron chi connectivity index (χ2n) is 9.61. The summed E-state index contributed by atoms with van der Waals surface area (Å²) in [6.07, 6.45) is 16.3. The lowest BCUT2D eigenvalue weighted by Crippen LogP contribution is -2.41. The van der Waals surface area contributed by atoms with Crippen LogP contribution in [0.5, 0.6) is 0 Å². The van der Waals surface area contributed by atoms with E-state index in [1.165, 1.54) is 75.4 Å². The van der Waals surface area contributed by atoms with Crippen LogP contribution in [0.2, 0.25) is 0 Å². The smallest absolute Gasteiger partial charge is 0.410 e. The number of Topliss-reactive ketones (excluding diaryl/α,β-unsaturated/α-hetero) is 1. The Hall–Kier alpha value is -1.32. The molecule has 0 aromatic heterocycles. The van der Waals surface area contributed by atoms with E-state index in [2.05, 4.69) is 0 Å². The quantitative estimate of drug-likeness (QED) is 0.438. The molecule has 0 N–H and O–H groups in total. The van der Waals surface area contributed by atoms with Gasteiger partial charge >= 0.3 is 6.09 Å². The lowest BCUT2D eigenvalue weighted by atomic mass is 9.89. The number of ketones is 1. The first-order chi connectivity index (χ1) is 13.3. The fraction of sp³-hybridized carbons (Fsp3) is 0.833. The van der Waals surface area contributed by atoms with Crippen LogP contribution in [0.3, 0.4) is 0 Å². The van der Waals surface area contributed by atoms with Gasteiger partial charge in [-0.2, -0.15) is 0 Å². The Bertz CT molecular complexity index is 545. The van der Waals surface area contributed by atoms with Crippen LogP contribution < -0.4 is 0 Å². The van der Waals surface area contributed by atoms with E-state index in [4.69, 9.17) is 4.74 Å². The summed E-state index contributed by atoms with van der Waals surface area (Å²) >= 11 is 0. The Morgan fingerprint density at radius 3 is 1.82 bits per heavy atom. The molecule has 1 heterocycles. The molecule has 0 radical (unpaired) electrons. The maximum Gasteiger partial charge on any atom is 0.410 e. The molecule has 0 aromatic rings. The van der Waals surface area contributed by atoms with E-state index in [1.807, 2.05) is 20.8 Å². The molecular weight excluding hydrogens is 350 g/mol. The highest BCUT2D eigenvalue weighted by Gasteiger charge is 2.26. The van der Waals surface area contributed by atoms with Crippen molar-refractivity contribution in [2.45, 2.75) is 116 Å². The Kier molecular flexibility index (Phi) is 9.53. The van der Waals surface area contributed by atoms with Crippen molar-refractivity contribution in [1.82, 2.24) is 4.90 Å². The fourth-order valence-corrected chi connectivity index (χ4v) is 4.30. The van der Waals surface area contributed by atoms with Crippen LogP contribution in [0.4, 0.5) is 4.79 Å². The van der Waals surface area contributed by atoms with E-state index in [1.54, 1.807) is 4.90 Å². The summed E-state index contributed by atoms with van der Waals surface area (Å²) in [5, 5.41) is 0. The van der Waals surface area contributed by atoms with Crippen LogP contribution in [-0.4, -0.2) is 35.5 Å². The highest BCUT2D eigenvalue weighted by atomic mass is 16.6. The summed E-state index contributed by atoms with van der Waals surface area (Å²) in [5.74, 6) is 0.152. The van der Waals surface area contributed by atoms with Crippen molar-refractivity contribution in [3.05, 3.63) is 11.1 Å². The van der Waals surface area contributed by atoms with Crippen molar-refractivity contribution >= 4 is 11.9 Å². The minimum Gasteiger partial charge on any atom is -0.444 e. The third-order valence-corrected chi connectivity index (χ3v) is 5.82. The van der Waals surface area contributed by atoms with Gasteiger partial charge in [-0.3, -0.25) is 4.79 Å². The largest absolute Gasteiger partial charge is 0.444 e. The summed E-state index contributed by atoms with van der Waals surface area (Å²) in [5.41, 5.74) is 2.29. The van der Waals surface area contributed by atoms with E-state index in [-0.39, 0.29) is 18.4 Å². The van der Waals surface area contributed by atoms with Gasteiger partial charge in [-0.05, 0) is 52.9 Å². The fourth-order valence-electron chi connectivity index (χ4n) is 4.30. The van der Waals surface area contributed by atoms with Crippen molar-refractivity contribution < 1.29 is 14.3 Å². The van der Waals surface area contributed by atoms with Gasteiger partial charge in [0.2, 0.25) is 0 Å². The highest BCUT2D eigenvalue weighted by Crippen LogP contribution is 2.28. The predicted octanol–water partition coefficient (Wildman–Crippen LogP) is 6.58. The van der Waals surface area contributed by atoms with Gasteiger partial charge in [0.15, 0.2) is 5.78 Å². The Morgan fingerprint density at radius 2 is 1.29 bits per heavy atom. The Labute approximate surface area is 172 Å². The first-order valence-corrected chi connectivity index (χ1v) is 11.5. The third kappa shape index (κ3) is 8.79. The molecule has 0 saturated carbocycles. The summed E-state index contributed by atoms with van der Waals surface area (Å²) in [4.78, 5) is 26.8. The number of amides is 1. The average molecular weight is 392 g/mol. The number of hydrogen-bond donors (Lipinski definition) is 0. The van der Waals surface area contributed by atoms with Crippen molar-refractivity contribution in [3.63, 3.8) is 0 Å². The molecule has 4 nitrogen and oxygen atoms in total. The summed E-state index contributed by atoms with van der Waals surface area (Å²) in [6, 6.07) is 0. The molecule has 0 fully saturated rings. The number of carbonyl (C=O) groups excluding carboxylic acids is 2. The predicted molar refractivity (Wildman–Crippen MR) is 114 cm³/mol. The van der Waals surface area contributed by atoms with Crippen LogP contribution in [0.1, 0.15) is 111 Å². The van der Waals surface area contributed by atoms with Crippen molar-refractivity contribution in [2.75, 3.05) is 13.1 Å². The number of hydrogen-bond acceptors (Lipinski definition) is 3. The van der Waals surface area contributed by atoms with Crippen LogP contribution in [0.25, 0.3) is 0 Å². The Morgan fingerprint density at radius 1 is 0.786 bits per heavy atom. The topological polar surface area (TPSA) is 46.6 Å². The second kappa shape index (κ2) is 11.6. The summed E-state index contributed by atoms with van der Waals surface area (Å²) in [7, 11) is 0. The maximum absolute atomic E-state index is 12.7. The van der Waals surface area contributed by atoms with Gasteiger partial charge in [0.1, 0.15) is 5.60 Å². The number of rotatable bonds is 0. The first-order valence-electron chi connectivity index (χ1n) is 11.5. The molecule has 2 rings (SSSR count). The molecule has 0 atom stereocenters. The minimum atomic E-state index is -0.530. The number of nitrogens with zero attached hydrogens (tertiary/aromatic N) is 1. The van der Waals surface area contributed by atoms with Crippen molar-refractivity contribution in [2.24, 2.45) is 0 Å². The zero-order chi connectivity index (χ0) is 20.4. The molecule has 1 amide bonds. The van der Waals surface area contributed by atoms with Gasteiger partial charge in [-0.25, -0.2) is 4.79 Å². The van der Waals surface area contributed by atoms with Crippen LogP contribution in [-0.2, 0) is 9.53 Å². The molecule has 1 aliphatic carbocycles. The molecule has 0 bridgehead atoms. The van der Waals surface area contributed by atoms with Gasteiger partial charge in [0.05, 0.1) is 6.54 Å².